The van der Waals surface area contributed by atoms with Crippen LogP contribution >= 0.6 is 0 Å². The van der Waals surface area contributed by atoms with Gasteiger partial charge in [0.2, 0.25) is 5.91 Å². The molecule has 1 aromatic heterocycles. The summed E-state index contributed by atoms with van der Waals surface area (Å²) < 4.78 is 39.4. The fourth-order valence-electron chi connectivity index (χ4n) is 2.80. The molecule has 2 amide bonds. The number of pyridine rings is 1. The van der Waals surface area contributed by atoms with Crippen LogP contribution in [0.1, 0.15) is 15.9 Å². The van der Waals surface area contributed by atoms with Gasteiger partial charge in [-0.2, -0.15) is 5.26 Å². The van der Waals surface area contributed by atoms with Gasteiger partial charge in [-0.15, -0.1) is 0 Å². The first kappa shape index (κ1) is 20.1. The summed E-state index contributed by atoms with van der Waals surface area (Å²) in [5.41, 5.74) is 1.35. The normalized spacial score (nSPS) is 17.0. The Labute approximate surface area is 164 Å². The van der Waals surface area contributed by atoms with E-state index in [-0.39, 0.29) is 11.4 Å². The quantitative estimate of drug-likeness (QED) is 0.768. The second-order valence-electron chi connectivity index (χ2n) is 6.40. The van der Waals surface area contributed by atoms with Crippen molar-refractivity contribution in [3.05, 3.63) is 59.7 Å². The van der Waals surface area contributed by atoms with Crippen LogP contribution in [0.15, 0.2) is 42.7 Å². The van der Waals surface area contributed by atoms with Crippen molar-refractivity contribution in [1.82, 2.24) is 15.2 Å². The molecule has 0 spiro atoms. The van der Waals surface area contributed by atoms with Crippen LogP contribution in [0.2, 0.25) is 0 Å². The summed E-state index contributed by atoms with van der Waals surface area (Å²) in [6, 6.07) is 6.81. The van der Waals surface area contributed by atoms with Gasteiger partial charge in [0, 0.05) is 12.7 Å². The van der Waals surface area contributed by atoms with E-state index in [9.17, 15) is 22.8 Å². The Bertz CT molecular complexity index is 959. The van der Waals surface area contributed by atoms with Crippen molar-refractivity contribution < 1.29 is 22.8 Å². The van der Waals surface area contributed by atoms with Gasteiger partial charge < -0.3 is 15.5 Å². The third kappa shape index (κ3) is 4.45. The van der Waals surface area contributed by atoms with Crippen LogP contribution in [0.5, 0.6) is 0 Å². The number of alkyl halides is 2. The summed E-state index contributed by atoms with van der Waals surface area (Å²) in [5.74, 6) is -4.98. The van der Waals surface area contributed by atoms with Gasteiger partial charge in [-0.05, 0) is 23.8 Å². The minimum Gasteiger partial charge on any atom is -0.379 e. The van der Waals surface area contributed by atoms with Crippen molar-refractivity contribution in [3.8, 4) is 6.07 Å². The molecule has 1 aliphatic rings. The Hall–Kier alpha value is -3.61. The highest BCUT2D eigenvalue weighted by atomic mass is 19.3. The average molecular weight is 403 g/mol. The summed E-state index contributed by atoms with van der Waals surface area (Å²) in [7, 11) is 0. The summed E-state index contributed by atoms with van der Waals surface area (Å²) in [4.78, 5) is 29.1. The number of benzene rings is 1. The zero-order valence-electron chi connectivity index (χ0n) is 15.0. The molecule has 0 unspecified atom stereocenters. The Balaban J connectivity index is 1.59. The first-order valence-corrected chi connectivity index (χ1v) is 8.59. The lowest BCUT2D eigenvalue weighted by molar-refractivity contribution is -0.180. The number of amides is 2. The van der Waals surface area contributed by atoms with E-state index in [1.54, 1.807) is 12.1 Å². The van der Waals surface area contributed by atoms with Crippen molar-refractivity contribution in [1.29, 1.82) is 5.26 Å². The molecular formula is C19H16F3N5O2. The predicted molar refractivity (Wildman–Crippen MR) is 96.4 cm³/mol. The van der Waals surface area contributed by atoms with Gasteiger partial charge in [-0.25, -0.2) is 13.2 Å². The number of nitriles is 1. The van der Waals surface area contributed by atoms with E-state index in [4.69, 9.17) is 5.26 Å². The maximum atomic E-state index is 13.2. The first-order valence-electron chi connectivity index (χ1n) is 8.59. The van der Waals surface area contributed by atoms with Gasteiger partial charge in [0.1, 0.15) is 5.82 Å². The minimum absolute atomic E-state index is 0.195. The van der Waals surface area contributed by atoms with Crippen molar-refractivity contribution in [3.63, 3.8) is 0 Å². The summed E-state index contributed by atoms with van der Waals surface area (Å²) in [5, 5.41) is 14.1. The van der Waals surface area contributed by atoms with Crippen LogP contribution in [-0.2, 0) is 11.3 Å². The molecule has 0 saturated carbocycles. The fourth-order valence-corrected chi connectivity index (χ4v) is 2.80. The molecule has 1 saturated heterocycles. The molecule has 1 fully saturated rings. The van der Waals surface area contributed by atoms with E-state index in [0.29, 0.717) is 12.2 Å². The topological polar surface area (TPSA) is 98.1 Å². The molecule has 1 aromatic carbocycles. The summed E-state index contributed by atoms with van der Waals surface area (Å²) >= 11 is 0. The van der Waals surface area contributed by atoms with Crippen molar-refractivity contribution in [2.75, 3.05) is 18.4 Å². The number of hydrogen-bond donors (Lipinski definition) is 2. The van der Waals surface area contributed by atoms with E-state index in [1.165, 1.54) is 36.7 Å². The van der Waals surface area contributed by atoms with Crippen molar-refractivity contribution in [2.45, 2.75) is 18.5 Å². The second kappa shape index (κ2) is 8.18. The molecule has 10 heteroatoms. The number of carbonyl (C=O) groups excluding carboxylic acids is 2. The lowest BCUT2D eigenvalue weighted by Gasteiger charge is -2.43. The maximum absolute atomic E-state index is 13.2. The monoisotopic (exact) mass is 403 g/mol. The highest BCUT2D eigenvalue weighted by molar-refractivity contribution is 6.01. The molecule has 1 aliphatic heterocycles. The number of carbonyl (C=O) groups is 2. The number of halogens is 3. The number of rotatable bonds is 6. The third-order valence-corrected chi connectivity index (χ3v) is 4.40. The standard InChI is InChI=1S/C19H16F3N5O2/c20-13-3-1-12(2-4-13)8-25-15-9-24-6-5-14(15)18(29)26-10-17(28)27-11-19(21,22)16(27)7-23/h1-6,9,16,25H,8,10-11H2,(H,26,29)/t16-/m1/s1. The molecule has 29 heavy (non-hydrogen) atoms. The smallest absolute Gasteiger partial charge is 0.298 e. The first-order chi connectivity index (χ1) is 13.8. The Morgan fingerprint density at radius 2 is 2.00 bits per heavy atom. The zero-order chi connectivity index (χ0) is 21.0. The molecule has 150 valence electrons. The molecular weight excluding hydrogens is 387 g/mol. The van der Waals surface area contributed by atoms with E-state index in [2.05, 4.69) is 15.6 Å². The van der Waals surface area contributed by atoms with Gasteiger partial charge in [0.15, 0.2) is 6.04 Å². The van der Waals surface area contributed by atoms with Crippen LogP contribution in [0.4, 0.5) is 18.9 Å². The largest absolute Gasteiger partial charge is 0.379 e. The van der Waals surface area contributed by atoms with Crippen molar-refractivity contribution >= 4 is 17.5 Å². The van der Waals surface area contributed by atoms with Crippen LogP contribution in [-0.4, -0.2) is 46.8 Å². The van der Waals surface area contributed by atoms with E-state index in [0.717, 1.165) is 10.5 Å². The van der Waals surface area contributed by atoms with E-state index >= 15 is 0 Å². The van der Waals surface area contributed by atoms with Crippen LogP contribution in [0, 0.1) is 17.1 Å². The van der Waals surface area contributed by atoms with Crippen LogP contribution in [0.3, 0.4) is 0 Å². The lowest BCUT2D eigenvalue weighted by Crippen LogP contribution is -2.67. The van der Waals surface area contributed by atoms with E-state index in [1.807, 2.05) is 0 Å². The average Bonchev–Trinajstić information content (AvgIpc) is 2.70. The van der Waals surface area contributed by atoms with E-state index < -0.39 is 36.9 Å². The molecule has 3 rings (SSSR count). The highest BCUT2D eigenvalue weighted by Gasteiger charge is 2.57. The maximum Gasteiger partial charge on any atom is 0.298 e. The van der Waals surface area contributed by atoms with Crippen LogP contribution < -0.4 is 10.6 Å². The Morgan fingerprint density at radius 1 is 1.28 bits per heavy atom. The van der Waals surface area contributed by atoms with Crippen LogP contribution in [0.25, 0.3) is 0 Å². The molecule has 2 aromatic rings. The highest BCUT2D eigenvalue weighted by Crippen LogP contribution is 2.34. The van der Waals surface area contributed by atoms with Gasteiger partial charge in [-0.3, -0.25) is 14.6 Å². The zero-order valence-corrected chi connectivity index (χ0v) is 15.0. The predicted octanol–water partition coefficient (Wildman–Crippen LogP) is 1.93. The third-order valence-electron chi connectivity index (χ3n) is 4.40. The molecule has 2 heterocycles. The number of likely N-dealkylation sites (tertiary alicyclic amines) is 1. The fraction of sp³-hybridized carbons (Fsp3) is 0.263. The van der Waals surface area contributed by atoms with Gasteiger partial charge in [0.05, 0.1) is 36.6 Å². The molecule has 0 bridgehead atoms. The minimum atomic E-state index is -3.24. The SMILES string of the molecule is N#C[C@H]1N(C(=O)CNC(=O)c2ccncc2NCc2ccc(F)cc2)CC1(F)F. The Morgan fingerprint density at radius 3 is 2.66 bits per heavy atom. The lowest BCUT2D eigenvalue weighted by atomic mass is 9.99. The molecule has 1 atom stereocenters. The number of nitrogens with one attached hydrogen (secondary N) is 2. The van der Waals surface area contributed by atoms with Gasteiger partial charge >= 0.3 is 0 Å². The number of nitrogens with zero attached hydrogens (tertiary/aromatic N) is 3. The molecule has 0 radical (unpaired) electrons. The summed E-state index contributed by atoms with van der Waals surface area (Å²) in [6.07, 6.45) is 2.81. The molecule has 2 N–H and O–H groups in total. The Kier molecular flexibility index (Phi) is 5.68. The number of aromatic nitrogens is 1. The summed E-state index contributed by atoms with van der Waals surface area (Å²) in [6.45, 7) is -1.07. The van der Waals surface area contributed by atoms with Gasteiger partial charge in [-0.1, -0.05) is 12.1 Å². The van der Waals surface area contributed by atoms with Gasteiger partial charge in [0.25, 0.3) is 11.8 Å². The molecule has 7 nitrogen and oxygen atoms in total. The molecule has 0 aliphatic carbocycles. The number of anilines is 1. The van der Waals surface area contributed by atoms with Crippen molar-refractivity contribution in [2.24, 2.45) is 0 Å². The second-order valence-corrected chi connectivity index (χ2v) is 6.40. The number of hydrogen-bond acceptors (Lipinski definition) is 5.